The van der Waals surface area contributed by atoms with E-state index in [1.54, 1.807) is 12.3 Å². The molecule has 0 aliphatic heterocycles. The molecule has 0 radical (unpaired) electrons. The molecule has 0 spiro atoms. The number of pyridine rings is 1. The van der Waals surface area contributed by atoms with Gasteiger partial charge in [-0.15, -0.1) is 11.8 Å². The summed E-state index contributed by atoms with van der Waals surface area (Å²) in [5.41, 5.74) is -0.648. The fourth-order valence-electron chi connectivity index (χ4n) is 2.33. The van der Waals surface area contributed by atoms with Gasteiger partial charge in [0.05, 0.1) is 22.2 Å². The zero-order valence-electron chi connectivity index (χ0n) is 12.6. The van der Waals surface area contributed by atoms with Crippen LogP contribution < -0.4 is 5.43 Å². The van der Waals surface area contributed by atoms with Gasteiger partial charge >= 0.3 is 6.18 Å². The maximum Gasteiger partial charge on any atom is 0.416 e. The van der Waals surface area contributed by atoms with Crippen LogP contribution in [0.4, 0.5) is 13.2 Å². The molecule has 124 valence electrons. The second kappa shape index (κ2) is 6.32. The predicted octanol–water partition coefficient (Wildman–Crippen LogP) is 4.99. The Hall–Kier alpha value is -2.28. The van der Waals surface area contributed by atoms with Crippen molar-refractivity contribution in [1.29, 1.82) is 0 Å². The Morgan fingerprint density at radius 3 is 2.75 bits per heavy atom. The molecule has 0 bridgehead atoms. The third-order valence-corrected chi connectivity index (χ3v) is 4.36. The Kier molecular flexibility index (Phi) is 4.36. The second-order valence-electron chi connectivity index (χ2n) is 4.97. The van der Waals surface area contributed by atoms with Gasteiger partial charge in [0.1, 0.15) is 11.8 Å². The van der Waals surface area contributed by atoms with Gasteiger partial charge < -0.3 is 4.42 Å². The molecule has 2 heterocycles. The highest BCUT2D eigenvalue weighted by Crippen LogP contribution is 2.32. The van der Waals surface area contributed by atoms with E-state index in [0.717, 1.165) is 28.8 Å². The zero-order valence-corrected chi connectivity index (χ0v) is 13.4. The molecule has 0 N–H and O–H groups in total. The fraction of sp³-hybridized carbons (Fsp3) is 0.176. The number of aromatic nitrogens is 1. The topological polar surface area (TPSA) is 43.1 Å². The van der Waals surface area contributed by atoms with Crippen LogP contribution >= 0.6 is 11.8 Å². The van der Waals surface area contributed by atoms with Gasteiger partial charge in [-0.05, 0) is 36.1 Å². The summed E-state index contributed by atoms with van der Waals surface area (Å²) in [6.07, 6.45) is -1.75. The van der Waals surface area contributed by atoms with E-state index < -0.39 is 17.2 Å². The minimum atomic E-state index is -4.49. The number of benzene rings is 1. The number of nitrogens with zero attached hydrogens (tertiary/aromatic N) is 1. The number of fused-ring (bicyclic) bond motifs is 1. The van der Waals surface area contributed by atoms with Gasteiger partial charge in [-0.3, -0.25) is 9.78 Å². The van der Waals surface area contributed by atoms with Gasteiger partial charge in [0.15, 0.2) is 0 Å². The van der Waals surface area contributed by atoms with Crippen LogP contribution in [0.15, 0.2) is 56.9 Å². The molecular weight excluding hydrogens is 339 g/mol. The van der Waals surface area contributed by atoms with Gasteiger partial charge in [-0.2, -0.15) is 13.2 Å². The van der Waals surface area contributed by atoms with Crippen molar-refractivity contribution in [3.05, 3.63) is 58.6 Å². The lowest BCUT2D eigenvalue weighted by Crippen LogP contribution is -2.09. The summed E-state index contributed by atoms with van der Waals surface area (Å²) in [7, 11) is 0. The molecule has 0 aliphatic carbocycles. The Balaban J connectivity index is 2.19. The molecule has 1 aromatic carbocycles. The number of alkyl halides is 3. The average Bonchev–Trinajstić information content (AvgIpc) is 2.55. The van der Waals surface area contributed by atoms with E-state index in [4.69, 9.17) is 4.42 Å². The van der Waals surface area contributed by atoms with Crippen molar-refractivity contribution in [2.75, 3.05) is 5.75 Å². The standard InChI is InChI=1S/C17H12F3NO2S/c1-2-24-14-4-3-7-21-15(14)12-9-23-13-8-10(17(18,19)20)5-6-11(13)16(12)22/h3-9H,2H2,1H3. The number of hydrogen-bond acceptors (Lipinski definition) is 4. The van der Waals surface area contributed by atoms with Crippen LogP contribution in [-0.2, 0) is 6.18 Å². The van der Waals surface area contributed by atoms with Crippen molar-refractivity contribution < 1.29 is 17.6 Å². The molecule has 2 aromatic heterocycles. The third kappa shape index (κ3) is 3.03. The Morgan fingerprint density at radius 1 is 1.25 bits per heavy atom. The molecule has 7 heteroatoms. The van der Waals surface area contributed by atoms with Crippen LogP contribution in [0.25, 0.3) is 22.2 Å². The van der Waals surface area contributed by atoms with Crippen molar-refractivity contribution in [2.45, 2.75) is 18.0 Å². The highest BCUT2D eigenvalue weighted by Gasteiger charge is 2.31. The molecule has 0 unspecified atom stereocenters. The van der Waals surface area contributed by atoms with E-state index in [9.17, 15) is 18.0 Å². The number of thioether (sulfide) groups is 1. The molecule has 24 heavy (non-hydrogen) atoms. The first kappa shape index (κ1) is 16.6. The van der Waals surface area contributed by atoms with Crippen molar-refractivity contribution in [3.8, 4) is 11.3 Å². The molecule has 0 saturated carbocycles. The molecule has 3 nitrogen and oxygen atoms in total. The van der Waals surface area contributed by atoms with E-state index in [1.807, 2.05) is 13.0 Å². The van der Waals surface area contributed by atoms with E-state index in [1.165, 1.54) is 18.0 Å². The Morgan fingerprint density at radius 2 is 2.04 bits per heavy atom. The summed E-state index contributed by atoms with van der Waals surface area (Å²) in [4.78, 5) is 17.7. The summed E-state index contributed by atoms with van der Waals surface area (Å²) in [5.74, 6) is 0.798. The average molecular weight is 351 g/mol. The summed E-state index contributed by atoms with van der Waals surface area (Å²) in [6, 6.07) is 6.46. The molecule has 0 fully saturated rings. The largest absolute Gasteiger partial charge is 0.463 e. The quantitative estimate of drug-likeness (QED) is 0.624. The monoisotopic (exact) mass is 351 g/mol. The molecule has 0 amide bonds. The molecule has 0 atom stereocenters. The minimum absolute atomic E-state index is 0.0959. The minimum Gasteiger partial charge on any atom is -0.463 e. The van der Waals surface area contributed by atoms with Gasteiger partial charge in [0.2, 0.25) is 5.43 Å². The fourth-order valence-corrected chi connectivity index (χ4v) is 3.12. The van der Waals surface area contributed by atoms with E-state index >= 15 is 0 Å². The summed E-state index contributed by atoms with van der Waals surface area (Å²) < 4.78 is 43.6. The van der Waals surface area contributed by atoms with Crippen LogP contribution in [0.5, 0.6) is 0 Å². The highest BCUT2D eigenvalue weighted by atomic mass is 32.2. The van der Waals surface area contributed by atoms with Crippen molar-refractivity contribution in [3.63, 3.8) is 0 Å². The highest BCUT2D eigenvalue weighted by molar-refractivity contribution is 7.99. The van der Waals surface area contributed by atoms with E-state index in [0.29, 0.717) is 5.69 Å². The van der Waals surface area contributed by atoms with Gasteiger partial charge in [-0.1, -0.05) is 6.92 Å². The number of rotatable bonds is 3. The first-order chi connectivity index (χ1) is 11.4. The SMILES string of the molecule is CCSc1cccnc1-c1coc2cc(C(F)(F)F)ccc2c1=O. The Labute approximate surface area is 139 Å². The first-order valence-electron chi connectivity index (χ1n) is 7.12. The first-order valence-corrected chi connectivity index (χ1v) is 8.11. The summed E-state index contributed by atoms with van der Waals surface area (Å²) in [6.45, 7) is 1.98. The van der Waals surface area contributed by atoms with E-state index in [-0.39, 0.29) is 16.5 Å². The van der Waals surface area contributed by atoms with Crippen LogP contribution in [0.2, 0.25) is 0 Å². The summed E-state index contributed by atoms with van der Waals surface area (Å²) >= 11 is 1.52. The Bertz CT molecular complexity index is 950. The maximum atomic E-state index is 12.8. The lowest BCUT2D eigenvalue weighted by molar-refractivity contribution is -0.137. The lowest BCUT2D eigenvalue weighted by atomic mass is 10.1. The predicted molar refractivity (Wildman–Crippen MR) is 87.1 cm³/mol. The maximum absolute atomic E-state index is 12.8. The van der Waals surface area contributed by atoms with Gasteiger partial charge in [0, 0.05) is 11.1 Å². The second-order valence-corrected chi connectivity index (χ2v) is 6.28. The number of hydrogen-bond donors (Lipinski definition) is 0. The van der Waals surface area contributed by atoms with Crippen LogP contribution in [0.1, 0.15) is 12.5 Å². The molecule has 3 rings (SSSR count). The summed E-state index contributed by atoms with van der Waals surface area (Å²) in [5, 5.41) is 0.0959. The molecule has 0 saturated heterocycles. The van der Waals surface area contributed by atoms with Crippen LogP contribution in [0.3, 0.4) is 0 Å². The van der Waals surface area contributed by atoms with Crippen molar-refractivity contribution in [1.82, 2.24) is 4.98 Å². The van der Waals surface area contributed by atoms with Crippen molar-refractivity contribution >= 4 is 22.7 Å². The van der Waals surface area contributed by atoms with Crippen molar-refractivity contribution in [2.24, 2.45) is 0 Å². The smallest absolute Gasteiger partial charge is 0.416 e. The molecule has 3 aromatic rings. The van der Waals surface area contributed by atoms with Gasteiger partial charge in [-0.25, -0.2) is 0 Å². The normalized spacial score (nSPS) is 11.8. The molecular formula is C17H12F3NO2S. The molecule has 0 aliphatic rings. The van der Waals surface area contributed by atoms with Crippen LogP contribution in [-0.4, -0.2) is 10.7 Å². The van der Waals surface area contributed by atoms with Crippen LogP contribution in [0, 0.1) is 0 Å². The van der Waals surface area contributed by atoms with E-state index in [2.05, 4.69) is 4.98 Å². The zero-order chi connectivity index (χ0) is 17.3. The van der Waals surface area contributed by atoms with Gasteiger partial charge in [0.25, 0.3) is 0 Å². The lowest BCUT2D eigenvalue weighted by Gasteiger charge is -2.09. The third-order valence-electron chi connectivity index (χ3n) is 3.43. The number of halogens is 3.